The summed E-state index contributed by atoms with van der Waals surface area (Å²) in [6.45, 7) is 7.36. The second kappa shape index (κ2) is 6.05. The van der Waals surface area contributed by atoms with E-state index in [-0.39, 0.29) is 12.1 Å². The Morgan fingerprint density at radius 3 is 2.33 bits per heavy atom. The number of hydrogen-bond donors (Lipinski definition) is 0. The van der Waals surface area contributed by atoms with Gasteiger partial charge < -0.3 is 4.74 Å². The molecule has 0 bridgehead atoms. The molecule has 0 saturated carbocycles. The largest absolute Gasteiger partial charge is 0.458 e. The summed E-state index contributed by atoms with van der Waals surface area (Å²) in [5.74, 6) is -0.198. The van der Waals surface area contributed by atoms with Gasteiger partial charge in [-0.2, -0.15) is 0 Å². The number of ether oxygens (including phenoxy) is 1. The van der Waals surface area contributed by atoms with Crippen LogP contribution in [-0.2, 0) is 9.53 Å². The highest BCUT2D eigenvalue weighted by Gasteiger charge is 2.24. The van der Waals surface area contributed by atoms with Crippen molar-refractivity contribution in [3.05, 3.63) is 40.9 Å². The maximum atomic E-state index is 11.7. The lowest BCUT2D eigenvalue weighted by molar-refractivity contribution is -0.155. The number of benzene rings is 1. The minimum atomic E-state index is -0.470. The summed E-state index contributed by atoms with van der Waals surface area (Å²) in [5.41, 5.74) is 0.556. The van der Waals surface area contributed by atoms with Crippen molar-refractivity contribution in [1.29, 1.82) is 0 Å². The van der Waals surface area contributed by atoms with Gasteiger partial charge in [-0.1, -0.05) is 29.8 Å². The second-order valence-electron chi connectivity index (χ2n) is 5.27. The third kappa shape index (κ3) is 4.92. The summed E-state index contributed by atoms with van der Waals surface area (Å²) >= 11 is 5.80. The molecule has 0 N–H and O–H groups in total. The molecule has 0 amide bonds. The molecule has 3 heteroatoms. The van der Waals surface area contributed by atoms with Crippen LogP contribution in [0.2, 0.25) is 5.02 Å². The first kappa shape index (κ1) is 14.8. The van der Waals surface area contributed by atoms with Crippen LogP contribution in [0.15, 0.2) is 30.3 Å². The smallest absolute Gasteiger partial charge is 0.311 e. The molecule has 0 radical (unpaired) electrons. The highest BCUT2D eigenvalue weighted by molar-refractivity contribution is 6.30. The summed E-state index contributed by atoms with van der Waals surface area (Å²) in [7, 11) is 0. The van der Waals surface area contributed by atoms with Gasteiger partial charge in [0.1, 0.15) is 6.10 Å². The van der Waals surface area contributed by atoms with Gasteiger partial charge in [-0.15, -0.1) is 0 Å². The van der Waals surface area contributed by atoms with Gasteiger partial charge in [0.15, 0.2) is 0 Å². The van der Waals surface area contributed by atoms with Crippen molar-refractivity contribution in [2.24, 2.45) is 5.41 Å². The lowest BCUT2D eigenvalue weighted by atomic mass is 9.97. The first-order chi connectivity index (χ1) is 8.29. The molecule has 18 heavy (non-hydrogen) atoms. The van der Waals surface area contributed by atoms with Crippen molar-refractivity contribution in [3.63, 3.8) is 0 Å². The van der Waals surface area contributed by atoms with Gasteiger partial charge >= 0.3 is 5.97 Å². The molecule has 2 nitrogen and oxygen atoms in total. The maximum Gasteiger partial charge on any atom is 0.311 e. The van der Waals surface area contributed by atoms with Crippen LogP contribution in [0.5, 0.6) is 0 Å². The number of rotatable bonds is 3. The van der Waals surface area contributed by atoms with Gasteiger partial charge in [-0.25, -0.2) is 0 Å². The Morgan fingerprint density at radius 1 is 1.28 bits per heavy atom. The summed E-state index contributed by atoms with van der Waals surface area (Å²) in [5, 5.41) is 0.708. The van der Waals surface area contributed by atoms with E-state index >= 15 is 0 Å². The quantitative estimate of drug-likeness (QED) is 0.761. The zero-order valence-corrected chi connectivity index (χ0v) is 12.0. The summed E-state index contributed by atoms with van der Waals surface area (Å²) in [6, 6.07) is 7.48. The molecule has 0 aromatic heterocycles. The van der Waals surface area contributed by atoms with Gasteiger partial charge in [0, 0.05) is 5.02 Å². The van der Waals surface area contributed by atoms with Crippen molar-refractivity contribution in [2.45, 2.75) is 33.8 Å². The van der Waals surface area contributed by atoms with Crippen LogP contribution in [0.3, 0.4) is 0 Å². The van der Waals surface area contributed by atoms with Crippen LogP contribution in [0, 0.1) is 5.41 Å². The topological polar surface area (TPSA) is 26.3 Å². The summed E-state index contributed by atoms with van der Waals surface area (Å²) in [6.07, 6.45) is 3.52. The Morgan fingerprint density at radius 2 is 1.83 bits per heavy atom. The monoisotopic (exact) mass is 266 g/mol. The van der Waals surface area contributed by atoms with Gasteiger partial charge in [0.25, 0.3) is 0 Å². The van der Waals surface area contributed by atoms with Crippen molar-refractivity contribution in [1.82, 2.24) is 0 Å². The van der Waals surface area contributed by atoms with E-state index in [9.17, 15) is 4.79 Å². The lowest BCUT2D eigenvalue weighted by Gasteiger charge is -2.19. The van der Waals surface area contributed by atoms with E-state index in [0.29, 0.717) is 5.02 Å². The fourth-order valence-electron chi connectivity index (χ4n) is 1.21. The molecule has 0 spiro atoms. The van der Waals surface area contributed by atoms with Gasteiger partial charge in [-0.3, -0.25) is 4.79 Å². The Labute approximate surface area is 114 Å². The molecule has 0 aliphatic rings. The van der Waals surface area contributed by atoms with E-state index < -0.39 is 5.41 Å². The molecule has 0 aliphatic carbocycles. The van der Waals surface area contributed by atoms with Crippen molar-refractivity contribution >= 4 is 23.6 Å². The van der Waals surface area contributed by atoms with Crippen LogP contribution < -0.4 is 0 Å². The van der Waals surface area contributed by atoms with Crippen LogP contribution in [0.25, 0.3) is 6.08 Å². The Kier molecular flexibility index (Phi) is 4.97. The fourth-order valence-corrected chi connectivity index (χ4v) is 1.33. The number of carbonyl (C=O) groups excluding carboxylic acids is 1. The van der Waals surface area contributed by atoms with E-state index in [4.69, 9.17) is 16.3 Å². The van der Waals surface area contributed by atoms with E-state index in [2.05, 4.69) is 0 Å². The standard InChI is InChI=1S/C15H19ClO2/c1-11(18-14(17)15(2,3)4)5-6-12-7-9-13(16)10-8-12/h5-11H,1-4H3/b6-5+. The molecule has 0 aliphatic heterocycles. The molecule has 1 rings (SSSR count). The molecule has 0 heterocycles. The average Bonchev–Trinajstić information content (AvgIpc) is 2.27. The second-order valence-corrected chi connectivity index (χ2v) is 5.71. The van der Waals surface area contributed by atoms with Crippen molar-refractivity contribution in [3.8, 4) is 0 Å². The van der Waals surface area contributed by atoms with Gasteiger partial charge in [0.05, 0.1) is 5.41 Å². The zero-order valence-electron chi connectivity index (χ0n) is 11.2. The maximum absolute atomic E-state index is 11.7. The molecular weight excluding hydrogens is 248 g/mol. The van der Waals surface area contributed by atoms with E-state index in [0.717, 1.165) is 5.56 Å². The SMILES string of the molecule is CC(/C=C/c1ccc(Cl)cc1)OC(=O)C(C)(C)C. The van der Waals surface area contributed by atoms with Gasteiger partial charge in [-0.05, 0) is 51.5 Å². The predicted molar refractivity (Wildman–Crippen MR) is 75.5 cm³/mol. The average molecular weight is 267 g/mol. The molecule has 1 atom stereocenters. The Hall–Kier alpha value is -1.28. The summed E-state index contributed by atoms with van der Waals surface area (Å²) < 4.78 is 5.31. The molecule has 1 unspecified atom stereocenters. The van der Waals surface area contributed by atoms with E-state index in [1.165, 1.54) is 0 Å². The number of carbonyl (C=O) groups is 1. The van der Waals surface area contributed by atoms with Crippen molar-refractivity contribution in [2.75, 3.05) is 0 Å². The Balaban J connectivity index is 2.57. The molecular formula is C15H19ClO2. The highest BCUT2D eigenvalue weighted by Crippen LogP contribution is 2.17. The molecule has 0 saturated heterocycles. The molecule has 1 aromatic carbocycles. The first-order valence-electron chi connectivity index (χ1n) is 5.94. The van der Waals surface area contributed by atoms with Gasteiger partial charge in [0.2, 0.25) is 0 Å². The number of halogens is 1. The van der Waals surface area contributed by atoms with Crippen LogP contribution >= 0.6 is 11.6 Å². The minimum Gasteiger partial charge on any atom is -0.458 e. The van der Waals surface area contributed by atoms with Crippen molar-refractivity contribution < 1.29 is 9.53 Å². The van der Waals surface area contributed by atoms with Crippen LogP contribution in [0.1, 0.15) is 33.3 Å². The summed E-state index contributed by atoms with van der Waals surface area (Å²) in [4.78, 5) is 11.7. The molecule has 1 aromatic rings. The first-order valence-corrected chi connectivity index (χ1v) is 6.31. The highest BCUT2D eigenvalue weighted by atomic mass is 35.5. The third-order valence-corrected chi connectivity index (χ3v) is 2.59. The minimum absolute atomic E-state index is 0.198. The third-order valence-electron chi connectivity index (χ3n) is 2.34. The number of hydrogen-bond acceptors (Lipinski definition) is 2. The van der Waals surface area contributed by atoms with Crippen LogP contribution in [-0.4, -0.2) is 12.1 Å². The zero-order chi connectivity index (χ0) is 13.8. The van der Waals surface area contributed by atoms with E-state index in [1.54, 1.807) is 0 Å². The number of esters is 1. The molecule has 0 fully saturated rings. The Bertz CT molecular complexity index is 427. The lowest BCUT2D eigenvalue weighted by Crippen LogP contribution is -2.26. The van der Waals surface area contributed by atoms with Crippen LogP contribution in [0.4, 0.5) is 0 Å². The normalized spacial score (nSPS) is 13.6. The predicted octanol–water partition coefficient (Wildman–Crippen LogP) is 4.33. The van der Waals surface area contributed by atoms with E-state index in [1.807, 2.05) is 64.1 Å². The molecule has 98 valence electrons. The fraction of sp³-hybridized carbons (Fsp3) is 0.400.